The van der Waals surface area contributed by atoms with Gasteiger partial charge in [-0.3, -0.25) is 9.78 Å². The van der Waals surface area contributed by atoms with Crippen molar-refractivity contribution in [1.82, 2.24) is 4.98 Å². The Hall–Kier alpha value is -2.60. The molecule has 2 aromatic rings. The van der Waals surface area contributed by atoms with Crippen molar-refractivity contribution in [3.63, 3.8) is 0 Å². The fourth-order valence-corrected chi connectivity index (χ4v) is 2.02. The molecule has 0 radical (unpaired) electrons. The monoisotopic (exact) mass is 336 g/mol. The summed E-state index contributed by atoms with van der Waals surface area (Å²) in [7, 11) is 2.97. The van der Waals surface area contributed by atoms with Crippen molar-refractivity contribution in [2.45, 2.75) is 0 Å². The number of methoxy groups -OCH3 is 2. The maximum Gasteiger partial charge on any atom is 0.248 e. The molecule has 120 valence electrons. The first-order valence-corrected chi connectivity index (χ1v) is 6.92. The van der Waals surface area contributed by atoms with Crippen LogP contribution in [-0.4, -0.2) is 25.1 Å². The van der Waals surface area contributed by atoms with Gasteiger partial charge in [0.1, 0.15) is 5.82 Å². The van der Waals surface area contributed by atoms with Gasteiger partial charge >= 0.3 is 0 Å². The Balaban J connectivity index is 2.14. The van der Waals surface area contributed by atoms with Crippen molar-refractivity contribution >= 4 is 29.3 Å². The van der Waals surface area contributed by atoms with Gasteiger partial charge in [0.2, 0.25) is 5.91 Å². The van der Waals surface area contributed by atoms with Crippen LogP contribution in [-0.2, 0) is 4.79 Å². The van der Waals surface area contributed by atoms with Gasteiger partial charge in [-0.2, -0.15) is 0 Å². The summed E-state index contributed by atoms with van der Waals surface area (Å²) in [4.78, 5) is 15.6. The van der Waals surface area contributed by atoms with Gasteiger partial charge in [0, 0.05) is 24.4 Å². The minimum atomic E-state index is -0.476. The topological polar surface area (TPSA) is 60.5 Å². The average Bonchev–Trinajstić information content (AvgIpc) is 2.54. The Morgan fingerprint density at radius 1 is 1.22 bits per heavy atom. The maximum atomic E-state index is 13.0. The fraction of sp³-hybridized carbons (Fsp3) is 0.125. The molecule has 0 saturated carbocycles. The number of aromatic nitrogens is 1. The lowest BCUT2D eigenvalue weighted by Crippen LogP contribution is -2.08. The number of anilines is 1. The van der Waals surface area contributed by atoms with E-state index in [2.05, 4.69) is 10.3 Å². The number of rotatable bonds is 5. The Bertz CT molecular complexity index is 750. The first-order valence-electron chi connectivity index (χ1n) is 6.54. The number of benzene rings is 1. The Labute approximate surface area is 137 Å². The van der Waals surface area contributed by atoms with Crippen molar-refractivity contribution in [2.75, 3.05) is 19.5 Å². The minimum Gasteiger partial charge on any atom is -0.493 e. The molecule has 1 N–H and O–H groups in total. The number of pyridine rings is 1. The summed E-state index contributed by atoms with van der Waals surface area (Å²) in [5.74, 6) is -0.0127. The van der Waals surface area contributed by atoms with Crippen molar-refractivity contribution < 1.29 is 18.7 Å². The van der Waals surface area contributed by atoms with Crippen molar-refractivity contribution in [1.29, 1.82) is 0 Å². The second-order valence-electron chi connectivity index (χ2n) is 4.45. The normalized spacial score (nSPS) is 10.6. The Kier molecular flexibility index (Phi) is 5.54. The molecule has 0 fully saturated rings. The Morgan fingerprint density at radius 2 is 1.91 bits per heavy atom. The Morgan fingerprint density at radius 3 is 2.57 bits per heavy atom. The van der Waals surface area contributed by atoms with Crippen molar-refractivity contribution in [3.8, 4) is 11.5 Å². The van der Waals surface area contributed by atoms with E-state index < -0.39 is 11.7 Å². The third-order valence-corrected chi connectivity index (χ3v) is 3.20. The zero-order valence-corrected chi connectivity index (χ0v) is 13.2. The highest BCUT2D eigenvalue weighted by atomic mass is 35.5. The molecular formula is C16H14ClFN2O3. The predicted molar refractivity (Wildman–Crippen MR) is 86.4 cm³/mol. The van der Waals surface area contributed by atoms with Crippen LogP contribution in [0.25, 0.3) is 6.08 Å². The molecule has 0 spiro atoms. The third kappa shape index (κ3) is 4.43. The molecule has 0 aliphatic carbocycles. The number of ether oxygens (including phenoxy) is 2. The van der Waals surface area contributed by atoms with Crippen LogP contribution in [0.5, 0.6) is 11.5 Å². The number of amides is 1. The molecule has 1 aromatic heterocycles. The van der Waals surface area contributed by atoms with Crippen molar-refractivity contribution in [2.24, 2.45) is 0 Å². The van der Waals surface area contributed by atoms with Crippen molar-refractivity contribution in [3.05, 3.63) is 53.1 Å². The van der Waals surface area contributed by atoms with Gasteiger partial charge < -0.3 is 14.8 Å². The lowest BCUT2D eigenvalue weighted by molar-refractivity contribution is -0.111. The van der Waals surface area contributed by atoms with Crippen LogP contribution in [0.1, 0.15) is 5.56 Å². The summed E-state index contributed by atoms with van der Waals surface area (Å²) in [5, 5.41) is 2.92. The lowest BCUT2D eigenvalue weighted by Gasteiger charge is -2.11. The number of carbonyl (C=O) groups is 1. The summed E-state index contributed by atoms with van der Waals surface area (Å²) in [6.45, 7) is 0. The standard InChI is InChI=1S/C16H14ClFN2O3/c1-22-14-6-12(17)13(7-15(14)23-2)20-16(21)4-3-10-5-11(18)9-19-8-10/h3-9H,1-2H3,(H,20,21)/b4-3+. The van der Waals surface area contributed by atoms with E-state index in [0.29, 0.717) is 27.8 Å². The predicted octanol–water partition coefficient (Wildman–Crippen LogP) is 3.54. The second kappa shape index (κ2) is 7.60. The molecule has 1 amide bonds. The summed E-state index contributed by atoms with van der Waals surface area (Å²) in [5.41, 5.74) is 0.842. The molecule has 0 unspecified atom stereocenters. The highest BCUT2D eigenvalue weighted by Gasteiger charge is 2.11. The van der Waals surface area contributed by atoms with Crippen LogP contribution in [0.3, 0.4) is 0 Å². The number of nitrogens with zero attached hydrogens (tertiary/aromatic N) is 1. The molecule has 0 atom stereocenters. The summed E-state index contributed by atoms with van der Waals surface area (Å²) in [6, 6.07) is 4.35. The SMILES string of the molecule is COc1cc(Cl)c(NC(=O)/C=C/c2cncc(F)c2)cc1OC. The highest BCUT2D eigenvalue weighted by molar-refractivity contribution is 6.34. The van der Waals surface area contributed by atoms with E-state index >= 15 is 0 Å². The molecule has 0 saturated heterocycles. The number of nitrogens with one attached hydrogen (secondary N) is 1. The van der Waals surface area contributed by atoms with Crippen LogP contribution >= 0.6 is 11.6 Å². The molecule has 2 rings (SSSR count). The molecule has 23 heavy (non-hydrogen) atoms. The number of halogens is 2. The van der Waals surface area contributed by atoms with E-state index in [-0.39, 0.29) is 0 Å². The molecular weight excluding hydrogens is 323 g/mol. The van der Waals surface area contributed by atoms with E-state index in [0.717, 1.165) is 6.20 Å². The van der Waals surface area contributed by atoms with Crippen LogP contribution in [0, 0.1) is 5.82 Å². The zero-order valence-electron chi connectivity index (χ0n) is 12.5. The fourth-order valence-electron chi connectivity index (χ4n) is 1.82. The lowest BCUT2D eigenvalue weighted by atomic mass is 10.2. The largest absolute Gasteiger partial charge is 0.493 e. The van der Waals surface area contributed by atoms with E-state index in [1.54, 1.807) is 6.07 Å². The molecule has 5 nitrogen and oxygen atoms in total. The highest BCUT2D eigenvalue weighted by Crippen LogP contribution is 2.35. The van der Waals surface area contributed by atoms with Gasteiger partial charge in [0.15, 0.2) is 11.5 Å². The maximum absolute atomic E-state index is 13.0. The van der Waals surface area contributed by atoms with E-state index in [9.17, 15) is 9.18 Å². The summed E-state index contributed by atoms with van der Waals surface area (Å²) in [6.07, 6.45) is 5.22. The van der Waals surface area contributed by atoms with Crippen LogP contribution in [0.4, 0.5) is 10.1 Å². The first kappa shape index (κ1) is 16.8. The molecule has 0 aliphatic heterocycles. The van der Waals surface area contributed by atoms with Crippen LogP contribution < -0.4 is 14.8 Å². The number of hydrogen-bond acceptors (Lipinski definition) is 4. The quantitative estimate of drug-likeness (QED) is 0.848. The van der Waals surface area contributed by atoms with Gasteiger partial charge in [-0.05, 0) is 17.7 Å². The molecule has 0 aliphatic rings. The summed E-state index contributed by atoms with van der Waals surface area (Å²) >= 11 is 6.09. The smallest absolute Gasteiger partial charge is 0.248 e. The third-order valence-electron chi connectivity index (χ3n) is 2.88. The molecule has 1 aromatic carbocycles. The molecule has 0 bridgehead atoms. The zero-order chi connectivity index (χ0) is 16.8. The van der Waals surface area contributed by atoms with Gasteiger partial charge in [0.25, 0.3) is 0 Å². The van der Waals surface area contributed by atoms with Gasteiger partial charge in [-0.1, -0.05) is 11.6 Å². The van der Waals surface area contributed by atoms with Crippen LogP contribution in [0.15, 0.2) is 36.7 Å². The second-order valence-corrected chi connectivity index (χ2v) is 4.85. The van der Waals surface area contributed by atoms with Crippen LogP contribution in [0.2, 0.25) is 5.02 Å². The van der Waals surface area contributed by atoms with Gasteiger partial charge in [0.05, 0.1) is 31.1 Å². The number of hydrogen-bond donors (Lipinski definition) is 1. The average molecular weight is 337 g/mol. The minimum absolute atomic E-state index is 0.303. The van der Waals surface area contributed by atoms with E-state index in [4.69, 9.17) is 21.1 Å². The van der Waals surface area contributed by atoms with E-state index in [1.807, 2.05) is 0 Å². The first-order chi connectivity index (χ1) is 11.0. The number of carbonyl (C=O) groups excluding carboxylic acids is 1. The van der Waals surface area contributed by atoms with E-state index in [1.165, 1.54) is 44.7 Å². The summed E-state index contributed by atoms with van der Waals surface area (Å²) < 4.78 is 23.3. The molecule has 7 heteroatoms. The van der Waals surface area contributed by atoms with Gasteiger partial charge in [-0.25, -0.2) is 4.39 Å². The van der Waals surface area contributed by atoms with Gasteiger partial charge in [-0.15, -0.1) is 0 Å². The molecule has 1 heterocycles.